The van der Waals surface area contributed by atoms with Gasteiger partial charge in [-0.05, 0) is 57.1 Å². The largest absolute Gasteiger partial charge is 0.303 e. The van der Waals surface area contributed by atoms with Crippen LogP contribution in [0, 0.1) is 11.8 Å². The van der Waals surface area contributed by atoms with Crippen molar-refractivity contribution in [2.75, 3.05) is 13.1 Å². The van der Waals surface area contributed by atoms with Crippen molar-refractivity contribution in [1.82, 2.24) is 4.90 Å². The monoisotopic (exact) mass is 407 g/mol. The van der Waals surface area contributed by atoms with Gasteiger partial charge in [0.15, 0.2) is 0 Å². The van der Waals surface area contributed by atoms with Crippen LogP contribution < -0.4 is 0 Å². The molecule has 0 amide bonds. The van der Waals surface area contributed by atoms with Crippen molar-refractivity contribution in [3.05, 3.63) is 59.2 Å². The predicted octanol–water partition coefficient (Wildman–Crippen LogP) is 5.85. The van der Waals surface area contributed by atoms with Gasteiger partial charge in [-0.3, -0.25) is 9.69 Å². The molecule has 0 radical (unpaired) electrons. The number of fused-ring (bicyclic) bond motifs is 1. The summed E-state index contributed by atoms with van der Waals surface area (Å²) in [7, 11) is 0. The smallest absolute Gasteiger partial charge is 0.149 e. The molecule has 1 aliphatic heterocycles. The fourth-order valence-electron chi connectivity index (χ4n) is 5.16. The molecule has 3 atom stereocenters. The van der Waals surface area contributed by atoms with E-state index in [1.54, 1.807) is 0 Å². The minimum Gasteiger partial charge on any atom is -0.303 e. The summed E-state index contributed by atoms with van der Waals surface area (Å²) in [5, 5.41) is 0. The maximum absolute atomic E-state index is 13.3. The summed E-state index contributed by atoms with van der Waals surface area (Å²) in [5.41, 5.74) is 4.04. The lowest BCUT2D eigenvalue weighted by Gasteiger charge is -2.38. The van der Waals surface area contributed by atoms with Crippen LogP contribution >= 0.6 is 0 Å². The molecule has 0 aromatic heterocycles. The zero-order valence-corrected chi connectivity index (χ0v) is 18.7. The van der Waals surface area contributed by atoms with Crippen molar-refractivity contribution in [3.63, 3.8) is 0 Å². The second-order valence-electron chi connectivity index (χ2n) is 9.03. The Kier molecular flexibility index (Phi) is 8.62. The molecule has 1 aromatic rings. The van der Waals surface area contributed by atoms with Crippen molar-refractivity contribution in [1.29, 1.82) is 0 Å². The van der Waals surface area contributed by atoms with Crippen molar-refractivity contribution < 1.29 is 9.59 Å². The standard InChI is InChI=1S/C27H37NO2/c1-3-4-10-21(2)27-25-16-8-7-13-23(25)17-18-28(27)19-26(30)24-14-6-5-11-22(20-29)12-9-15-24/h3-4,7-8,10,13,16,20,22,24,27H,5-6,9,11-12,14-15,17-19H2,1-2H3/b4-3-,21-10+. The molecule has 0 spiro atoms. The predicted molar refractivity (Wildman–Crippen MR) is 123 cm³/mol. The van der Waals surface area contributed by atoms with Crippen LogP contribution in [0.1, 0.15) is 76.0 Å². The van der Waals surface area contributed by atoms with Crippen LogP contribution in [0.2, 0.25) is 0 Å². The first-order valence-electron chi connectivity index (χ1n) is 11.7. The number of Topliss-reactive ketones (excluding diaryl/α,β-unsaturated/α-hetero) is 1. The molecule has 0 saturated heterocycles. The van der Waals surface area contributed by atoms with Gasteiger partial charge in [-0.1, -0.05) is 67.3 Å². The highest BCUT2D eigenvalue weighted by atomic mass is 16.1. The summed E-state index contributed by atoms with van der Waals surface area (Å²) in [6.07, 6.45) is 15.4. The van der Waals surface area contributed by atoms with Gasteiger partial charge in [-0.25, -0.2) is 0 Å². The Morgan fingerprint density at radius 3 is 2.63 bits per heavy atom. The molecule has 1 saturated carbocycles. The van der Waals surface area contributed by atoms with E-state index in [-0.39, 0.29) is 17.9 Å². The third-order valence-corrected chi connectivity index (χ3v) is 6.88. The molecule has 1 aromatic carbocycles. The number of nitrogens with zero attached hydrogens (tertiary/aromatic N) is 1. The topological polar surface area (TPSA) is 37.4 Å². The first kappa shape index (κ1) is 22.7. The van der Waals surface area contributed by atoms with Crippen molar-refractivity contribution in [2.24, 2.45) is 11.8 Å². The third-order valence-electron chi connectivity index (χ3n) is 6.88. The van der Waals surface area contributed by atoms with Gasteiger partial charge < -0.3 is 4.79 Å². The average molecular weight is 408 g/mol. The van der Waals surface area contributed by atoms with Crippen LogP contribution in [0.3, 0.4) is 0 Å². The molecule has 1 fully saturated rings. The zero-order chi connectivity index (χ0) is 21.3. The Morgan fingerprint density at radius 1 is 1.10 bits per heavy atom. The van der Waals surface area contributed by atoms with E-state index >= 15 is 0 Å². The normalized spacial score (nSPS) is 26.5. The first-order chi connectivity index (χ1) is 14.6. The first-order valence-corrected chi connectivity index (χ1v) is 11.7. The number of carbonyl (C=O) groups excluding carboxylic acids is 2. The summed E-state index contributed by atoms with van der Waals surface area (Å²) >= 11 is 0. The summed E-state index contributed by atoms with van der Waals surface area (Å²) in [6.45, 7) is 5.67. The molecule has 162 valence electrons. The highest BCUT2D eigenvalue weighted by molar-refractivity contribution is 5.83. The maximum atomic E-state index is 13.3. The second kappa shape index (κ2) is 11.4. The number of hydrogen-bond donors (Lipinski definition) is 0. The quantitative estimate of drug-likeness (QED) is 0.438. The van der Waals surface area contributed by atoms with Gasteiger partial charge in [-0.2, -0.15) is 0 Å². The molecule has 2 aliphatic rings. The van der Waals surface area contributed by atoms with E-state index in [1.807, 2.05) is 6.92 Å². The number of carbonyl (C=O) groups is 2. The lowest BCUT2D eigenvalue weighted by atomic mass is 9.86. The third kappa shape index (κ3) is 5.78. The lowest BCUT2D eigenvalue weighted by molar-refractivity contribution is -0.125. The molecule has 1 heterocycles. The van der Waals surface area contributed by atoms with E-state index in [1.165, 1.54) is 16.7 Å². The summed E-state index contributed by atoms with van der Waals surface area (Å²) < 4.78 is 0. The van der Waals surface area contributed by atoms with Gasteiger partial charge in [0.1, 0.15) is 12.1 Å². The van der Waals surface area contributed by atoms with Crippen LogP contribution in [0.15, 0.2) is 48.1 Å². The van der Waals surface area contributed by atoms with Crippen LogP contribution in [0.5, 0.6) is 0 Å². The van der Waals surface area contributed by atoms with Gasteiger partial charge in [0.05, 0.1) is 12.6 Å². The zero-order valence-electron chi connectivity index (χ0n) is 18.7. The molecule has 0 bridgehead atoms. The fraction of sp³-hybridized carbons (Fsp3) is 0.556. The molecule has 3 rings (SSSR count). The Morgan fingerprint density at radius 2 is 1.83 bits per heavy atom. The van der Waals surface area contributed by atoms with Crippen LogP contribution in [0.4, 0.5) is 0 Å². The van der Waals surface area contributed by atoms with Gasteiger partial charge in [0.2, 0.25) is 0 Å². The number of allylic oxidation sites excluding steroid dienone is 3. The van der Waals surface area contributed by atoms with E-state index in [0.29, 0.717) is 12.3 Å². The van der Waals surface area contributed by atoms with Crippen molar-refractivity contribution in [2.45, 2.75) is 71.3 Å². The van der Waals surface area contributed by atoms with Gasteiger partial charge in [0.25, 0.3) is 0 Å². The van der Waals surface area contributed by atoms with E-state index in [0.717, 1.165) is 64.2 Å². The Balaban J connectivity index is 1.74. The highest BCUT2D eigenvalue weighted by Gasteiger charge is 2.31. The average Bonchev–Trinajstić information content (AvgIpc) is 2.89. The molecule has 1 aliphatic carbocycles. The summed E-state index contributed by atoms with van der Waals surface area (Å²) in [6, 6.07) is 8.86. The molecule has 0 N–H and O–H groups in total. The molecule has 30 heavy (non-hydrogen) atoms. The van der Waals surface area contributed by atoms with Gasteiger partial charge >= 0.3 is 0 Å². The Labute approximate surface area is 182 Å². The second-order valence-corrected chi connectivity index (χ2v) is 9.03. The lowest BCUT2D eigenvalue weighted by Crippen LogP contribution is -2.41. The van der Waals surface area contributed by atoms with Crippen LogP contribution in [-0.2, 0) is 16.0 Å². The Bertz CT molecular complexity index is 779. The maximum Gasteiger partial charge on any atom is 0.149 e. The van der Waals surface area contributed by atoms with Crippen molar-refractivity contribution >= 4 is 12.1 Å². The summed E-state index contributed by atoms with van der Waals surface area (Å²) in [5.74, 6) is 0.733. The molecular weight excluding hydrogens is 370 g/mol. The van der Waals surface area contributed by atoms with Crippen LogP contribution in [-0.4, -0.2) is 30.1 Å². The van der Waals surface area contributed by atoms with E-state index in [9.17, 15) is 9.59 Å². The SMILES string of the molecule is C/C=C\C=C(/C)C1c2ccccc2CCN1CC(=O)C1CCCCC(C=O)CCC1. The van der Waals surface area contributed by atoms with E-state index < -0.39 is 0 Å². The Hall–Kier alpha value is -2.00. The fourth-order valence-corrected chi connectivity index (χ4v) is 5.16. The number of ketones is 1. The van der Waals surface area contributed by atoms with E-state index in [2.05, 4.69) is 54.3 Å². The van der Waals surface area contributed by atoms with Crippen LogP contribution in [0.25, 0.3) is 0 Å². The van der Waals surface area contributed by atoms with Gasteiger partial charge in [0, 0.05) is 18.4 Å². The molecule has 3 heteroatoms. The number of rotatable bonds is 6. The van der Waals surface area contributed by atoms with E-state index in [4.69, 9.17) is 0 Å². The molecule has 3 unspecified atom stereocenters. The van der Waals surface area contributed by atoms with Gasteiger partial charge in [-0.15, -0.1) is 0 Å². The molecule has 3 nitrogen and oxygen atoms in total. The van der Waals surface area contributed by atoms with Crippen molar-refractivity contribution in [3.8, 4) is 0 Å². The number of benzene rings is 1. The minimum atomic E-state index is 0.146. The number of hydrogen-bond acceptors (Lipinski definition) is 3. The number of aldehydes is 1. The highest BCUT2D eigenvalue weighted by Crippen LogP contribution is 2.35. The summed E-state index contributed by atoms with van der Waals surface area (Å²) in [4.78, 5) is 26.9. The minimum absolute atomic E-state index is 0.146. The molecular formula is C27H37NO2.